The topological polar surface area (TPSA) is 49.6 Å². The summed E-state index contributed by atoms with van der Waals surface area (Å²) in [7, 11) is 0. The number of aromatic nitrogens is 1. The average molecular weight is 285 g/mol. The Morgan fingerprint density at radius 2 is 2.10 bits per heavy atom. The normalized spacial score (nSPS) is 16.1. The SMILES string of the molecule is Cc1occc1C(=O)N1CCN(Cc2cccnc2)CC1. The first kappa shape index (κ1) is 13.8. The van der Waals surface area contributed by atoms with Gasteiger partial charge in [0.1, 0.15) is 5.76 Å². The maximum Gasteiger partial charge on any atom is 0.257 e. The van der Waals surface area contributed by atoms with Gasteiger partial charge in [0, 0.05) is 45.1 Å². The molecule has 5 heteroatoms. The second-order valence-corrected chi connectivity index (χ2v) is 5.32. The van der Waals surface area contributed by atoms with Gasteiger partial charge in [-0.2, -0.15) is 0 Å². The van der Waals surface area contributed by atoms with Crippen molar-refractivity contribution in [3.05, 3.63) is 53.7 Å². The lowest BCUT2D eigenvalue weighted by molar-refractivity contribution is 0.0626. The van der Waals surface area contributed by atoms with Crippen LogP contribution in [-0.4, -0.2) is 46.9 Å². The highest BCUT2D eigenvalue weighted by Crippen LogP contribution is 2.14. The first-order chi connectivity index (χ1) is 10.2. The van der Waals surface area contributed by atoms with Gasteiger partial charge in [0.2, 0.25) is 0 Å². The molecule has 0 radical (unpaired) electrons. The van der Waals surface area contributed by atoms with Crippen molar-refractivity contribution in [2.24, 2.45) is 0 Å². The quantitative estimate of drug-likeness (QED) is 0.865. The predicted octanol–water partition coefficient (Wildman–Crippen LogP) is 1.94. The van der Waals surface area contributed by atoms with E-state index in [2.05, 4.69) is 16.0 Å². The van der Waals surface area contributed by atoms with Crippen LogP contribution in [-0.2, 0) is 6.54 Å². The van der Waals surface area contributed by atoms with E-state index in [9.17, 15) is 4.79 Å². The van der Waals surface area contributed by atoms with Gasteiger partial charge >= 0.3 is 0 Å². The minimum atomic E-state index is 0.0716. The molecule has 1 aliphatic heterocycles. The summed E-state index contributed by atoms with van der Waals surface area (Å²) in [5.74, 6) is 0.764. The zero-order chi connectivity index (χ0) is 14.7. The van der Waals surface area contributed by atoms with Gasteiger partial charge in [0.15, 0.2) is 0 Å². The van der Waals surface area contributed by atoms with E-state index in [1.807, 2.05) is 24.1 Å². The molecule has 1 amide bonds. The van der Waals surface area contributed by atoms with Gasteiger partial charge in [-0.05, 0) is 24.6 Å². The molecular weight excluding hydrogens is 266 g/mol. The zero-order valence-corrected chi connectivity index (χ0v) is 12.2. The largest absolute Gasteiger partial charge is 0.469 e. The van der Waals surface area contributed by atoms with E-state index in [1.165, 1.54) is 5.56 Å². The molecule has 0 aliphatic carbocycles. The summed E-state index contributed by atoms with van der Waals surface area (Å²) >= 11 is 0. The van der Waals surface area contributed by atoms with E-state index >= 15 is 0 Å². The molecule has 1 saturated heterocycles. The Morgan fingerprint density at radius 1 is 1.29 bits per heavy atom. The minimum Gasteiger partial charge on any atom is -0.469 e. The van der Waals surface area contributed by atoms with Crippen LogP contribution in [0.4, 0.5) is 0 Å². The molecule has 0 atom stereocenters. The van der Waals surface area contributed by atoms with Gasteiger partial charge in [0.05, 0.1) is 11.8 Å². The van der Waals surface area contributed by atoms with Crippen molar-refractivity contribution in [1.29, 1.82) is 0 Å². The van der Waals surface area contributed by atoms with Crippen molar-refractivity contribution < 1.29 is 9.21 Å². The number of carbonyl (C=O) groups excluding carboxylic acids is 1. The van der Waals surface area contributed by atoms with Gasteiger partial charge in [0.25, 0.3) is 5.91 Å². The molecule has 0 saturated carbocycles. The van der Waals surface area contributed by atoms with Gasteiger partial charge in [-0.3, -0.25) is 14.7 Å². The fourth-order valence-corrected chi connectivity index (χ4v) is 2.64. The molecule has 1 fully saturated rings. The van der Waals surface area contributed by atoms with Gasteiger partial charge in [-0.25, -0.2) is 0 Å². The fourth-order valence-electron chi connectivity index (χ4n) is 2.64. The maximum absolute atomic E-state index is 12.4. The molecule has 0 spiro atoms. The molecule has 3 rings (SSSR count). The molecule has 0 bridgehead atoms. The number of pyridine rings is 1. The third-order valence-corrected chi connectivity index (χ3v) is 3.88. The molecule has 0 N–H and O–H groups in total. The Bertz CT molecular complexity index is 601. The third kappa shape index (κ3) is 3.13. The van der Waals surface area contributed by atoms with Crippen LogP contribution in [0.2, 0.25) is 0 Å². The van der Waals surface area contributed by atoms with Crippen LogP contribution in [0.3, 0.4) is 0 Å². The second-order valence-electron chi connectivity index (χ2n) is 5.32. The lowest BCUT2D eigenvalue weighted by Gasteiger charge is -2.34. The first-order valence-corrected chi connectivity index (χ1v) is 7.18. The number of amides is 1. The Balaban J connectivity index is 1.56. The van der Waals surface area contributed by atoms with Gasteiger partial charge in [-0.1, -0.05) is 6.07 Å². The summed E-state index contributed by atoms with van der Waals surface area (Å²) in [6.07, 6.45) is 5.25. The number of piperazine rings is 1. The Kier molecular flexibility index (Phi) is 4.01. The van der Waals surface area contributed by atoms with Crippen LogP contribution < -0.4 is 0 Å². The number of hydrogen-bond acceptors (Lipinski definition) is 4. The van der Waals surface area contributed by atoms with Crippen molar-refractivity contribution in [1.82, 2.24) is 14.8 Å². The smallest absolute Gasteiger partial charge is 0.257 e. The monoisotopic (exact) mass is 285 g/mol. The number of furan rings is 1. The number of rotatable bonds is 3. The standard InChI is InChI=1S/C16H19N3O2/c1-13-15(4-10-21-13)16(20)19-8-6-18(7-9-19)12-14-3-2-5-17-11-14/h2-5,10-11H,6-9,12H2,1H3. The maximum atomic E-state index is 12.4. The molecule has 110 valence electrons. The lowest BCUT2D eigenvalue weighted by atomic mass is 10.2. The van der Waals surface area contributed by atoms with Crippen LogP contribution in [0.25, 0.3) is 0 Å². The molecule has 0 aromatic carbocycles. The zero-order valence-electron chi connectivity index (χ0n) is 12.2. The molecule has 1 aliphatic rings. The van der Waals surface area contributed by atoms with Crippen molar-refractivity contribution in [3.8, 4) is 0 Å². The van der Waals surface area contributed by atoms with Crippen LogP contribution in [0.5, 0.6) is 0 Å². The summed E-state index contributed by atoms with van der Waals surface area (Å²) in [5, 5.41) is 0. The van der Waals surface area contributed by atoms with E-state index in [4.69, 9.17) is 4.42 Å². The van der Waals surface area contributed by atoms with E-state index in [1.54, 1.807) is 18.5 Å². The highest BCUT2D eigenvalue weighted by Gasteiger charge is 2.24. The van der Waals surface area contributed by atoms with Crippen molar-refractivity contribution in [2.45, 2.75) is 13.5 Å². The lowest BCUT2D eigenvalue weighted by Crippen LogP contribution is -2.48. The summed E-state index contributed by atoms with van der Waals surface area (Å²) < 4.78 is 5.21. The number of aryl methyl sites for hydroxylation is 1. The minimum absolute atomic E-state index is 0.0716. The Hall–Kier alpha value is -2.14. The number of nitrogens with zero attached hydrogens (tertiary/aromatic N) is 3. The molecule has 5 nitrogen and oxygen atoms in total. The summed E-state index contributed by atoms with van der Waals surface area (Å²) in [4.78, 5) is 20.8. The Labute approximate surface area is 124 Å². The molecular formula is C16H19N3O2. The van der Waals surface area contributed by atoms with E-state index in [-0.39, 0.29) is 5.91 Å². The van der Waals surface area contributed by atoms with Crippen LogP contribution in [0.15, 0.2) is 41.3 Å². The highest BCUT2D eigenvalue weighted by molar-refractivity contribution is 5.95. The predicted molar refractivity (Wildman–Crippen MR) is 78.9 cm³/mol. The van der Waals surface area contributed by atoms with E-state index < -0.39 is 0 Å². The second kappa shape index (κ2) is 6.10. The summed E-state index contributed by atoms with van der Waals surface area (Å²) in [6.45, 7) is 6.00. The first-order valence-electron chi connectivity index (χ1n) is 7.18. The Morgan fingerprint density at radius 3 is 2.71 bits per heavy atom. The van der Waals surface area contributed by atoms with Crippen molar-refractivity contribution in [2.75, 3.05) is 26.2 Å². The molecule has 2 aromatic heterocycles. The van der Waals surface area contributed by atoms with Gasteiger partial charge in [-0.15, -0.1) is 0 Å². The van der Waals surface area contributed by atoms with Crippen molar-refractivity contribution in [3.63, 3.8) is 0 Å². The average Bonchev–Trinajstić information content (AvgIpc) is 2.94. The van der Waals surface area contributed by atoms with Crippen LogP contribution in [0.1, 0.15) is 21.7 Å². The number of hydrogen-bond donors (Lipinski definition) is 0. The highest BCUT2D eigenvalue weighted by atomic mass is 16.3. The van der Waals surface area contributed by atoms with Crippen LogP contribution in [0, 0.1) is 6.92 Å². The van der Waals surface area contributed by atoms with Crippen LogP contribution >= 0.6 is 0 Å². The summed E-state index contributed by atoms with van der Waals surface area (Å²) in [5.41, 5.74) is 1.89. The number of carbonyl (C=O) groups is 1. The third-order valence-electron chi connectivity index (χ3n) is 3.88. The fraction of sp³-hybridized carbons (Fsp3) is 0.375. The van der Waals surface area contributed by atoms with Crippen molar-refractivity contribution >= 4 is 5.91 Å². The molecule has 3 heterocycles. The molecule has 21 heavy (non-hydrogen) atoms. The molecule has 2 aromatic rings. The van der Waals surface area contributed by atoms with E-state index in [0.717, 1.165) is 32.7 Å². The van der Waals surface area contributed by atoms with Gasteiger partial charge < -0.3 is 9.32 Å². The van der Waals surface area contributed by atoms with E-state index in [0.29, 0.717) is 11.3 Å². The molecule has 0 unspecified atom stereocenters. The summed E-state index contributed by atoms with van der Waals surface area (Å²) in [6, 6.07) is 5.79.